The number of esters is 1. The minimum atomic E-state index is -4.14. The Hall–Kier alpha value is -6.75. The third-order valence-electron chi connectivity index (χ3n) is 9.89. The Balaban J connectivity index is 1.13. The summed E-state index contributed by atoms with van der Waals surface area (Å²) >= 11 is 2.19. The molecule has 3 N–H and O–H groups in total. The lowest BCUT2D eigenvalue weighted by molar-refractivity contribution is -0.154. The fourth-order valence-corrected chi connectivity index (χ4v) is 9.55. The fourth-order valence-electron chi connectivity index (χ4n) is 7.18. The SMILES string of the molecule is CS(=O)(=O)OC1=C(C(=O)OC(c2ccccc2)c2ccccc2)N2C(=O)[C@@H](NC(=O)/C(=N\OC(c3ccccc3)(c3ccccc3)c3ccccc3)c3csc(N)n3)[C@@H]2SC1. The van der Waals surface area contributed by atoms with Gasteiger partial charge in [-0.3, -0.25) is 14.5 Å². The maximum Gasteiger partial charge on any atom is 0.359 e. The van der Waals surface area contributed by atoms with Crippen LogP contribution in [0, 0.1) is 0 Å². The van der Waals surface area contributed by atoms with E-state index < -0.39 is 51.0 Å². The van der Waals surface area contributed by atoms with Gasteiger partial charge in [-0.15, -0.1) is 23.1 Å². The van der Waals surface area contributed by atoms with Gasteiger partial charge in [-0.2, -0.15) is 8.42 Å². The normalized spacial score (nSPS) is 16.7. The van der Waals surface area contributed by atoms with Gasteiger partial charge in [0.05, 0.1) is 12.0 Å². The summed E-state index contributed by atoms with van der Waals surface area (Å²) in [5.74, 6) is -2.94. The number of nitrogens with zero attached hydrogens (tertiary/aromatic N) is 3. The third kappa shape index (κ3) is 8.50. The third-order valence-corrected chi connectivity index (χ3v) is 12.3. The molecule has 3 heterocycles. The van der Waals surface area contributed by atoms with Crippen LogP contribution in [0.25, 0.3) is 0 Å². The summed E-state index contributed by atoms with van der Waals surface area (Å²) in [6.45, 7) is 0. The van der Waals surface area contributed by atoms with E-state index in [9.17, 15) is 22.8 Å². The van der Waals surface area contributed by atoms with Gasteiger partial charge >= 0.3 is 16.1 Å². The van der Waals surface area contributed by atoms with Crippen molar-refractivity contribution >= 4 is 61.8 Å². The molecule has 0 spiro atoms. The van der Waals surface area contributed by atoms with E-state index in [4.69, 9.17) is 19.5 Å². The summed E-state index contributed by atoms with van der Waals surface area (Å²) in [4.78, 5) is 54.9. The summed E-state index contributed by atoms with van der Waals surface area (Å²) in [6.07, 6.45) is -0.0749. The Morgan fingerprint density at radius 1 is 0.820 bits per heavy atom. The molecule has 61 heavy (non-hydrogen) atoms. The van der Waals surface area contributed by atoms with Gasteiger partial charge in [0, 0.05) is 22.1 Å². The van der Waals surface area contributed by atoms with Gasteiger partial charge in [-0.1, -0.05) is 157 Å². The largest absolute Gasteiger partial charge is 0.448 e. The number of anilines is 1. The van der Waals surface area contributed by atoms with Crippen LogP contribution < -0.4 is 11.1 Å². The van der Waals surface area contributed by atoms with Crippen molar-refractivity contribution < 1.29 is 36.6 Å². The first kappa shape index (κ1) is 41.0. The number of hydrogen-bond donors (Lipinski definition) is 2. The summed E-state index contributed by atoms with van der Waals surface area (Å²) in [5, 5.41) is 8.16. The summed E-state index contributed by atoms with van der Waals surface area (Å²) in [7, 11) is -4.14. The number of aromatic nitrogens is 1. The smallest absolute Gasteiger partial charge is 0.359 e. The molecule has 308 valence electrons. The molecule has 1 saturated heterocycles. The average Bonchev–Trinajstić information content (AvgIpc) is 3.72. The van der Waals surface area contributed by atoms with Crippen LogP contribution in [0.3, 0.4) is 0 Å². The molecule has 1 aromatic heterocycles. The van der Waals surface area contributed by atoms with Crippen molar-refractivity contribution in [1.82, 2.24) is 15.2 Å². The second-order valence-electron chi connectivity index (χ2n) is 13.9. The molecule has 0 saturated carbocycles. The van der Waals surface area contributed by atoms with E-state index in [0.717, 1.165) is 50.9 Å². The van der Waals surface area contributed by atoms with Crippen molar-refractivity contribution in [1.29, 1.82) is 0 Å². The minimum absolute atomic E-state index is 0.101. The zero-order valence-electron chi connectivity index (χ0n) is 32.4. The Labute approximate surface area is 360 Å². The molecule has 0 unspecified atom stereocenters. The molecule has 0 aliphatic carbocycles. The topological polar surface area (TPSA) is 180 Å². The van der Waals surface area contributed by atoms with Gasteiger partial charge in [-0.05, 0) is 11.1 Å². The molecule has 2 aliphatic heterocycles. The number of thiazole rings is 1. The number of fused-ring (bicyclic) bond motifs is 1. The van der Waals surface area contributed by atoms with E-state index in [1.165, 1.54) is 0 Å². The average molecular weight is 872 g/mol. The number of ether oxygens (including phenoxy) is 1. The number of amides is 2. The Morgan fingerprint density at radius 2 is 1.31 bits per heavy atom. The Bertz CT molecular complexity index is 2580. The van der Waals surface area contributed by atoms with Crippen LogP contribution in [-0.2, 0) is 43.9 Å². The van der Waals surface area contributed by atoms with Crippen LogP contribution in [0.2, 0.25) is 0 Å². The quantitative estimate of drug-likeness (QED) is 0.0311. The second kappa shape index (κ2) is 17.5. The van der Waals surface area contributed by atoms with E-state index in [1.54, 1.807) is 53.9 Å². The summed E-state index contributed by atoms with van der Waals surface area (Å²) < 4.78 is 36.2. The zero-order valence-corrected chi connectivity index (χ0v) is 34.8. The van der Waals surface area contributed by atoms with Crippen molar-refractivity contribution in [3.05, 3.63) is 202 Å². The Kier molecular flexibility index (Phi) is 11.7. The maximum atomic E-state index is 14.4. The number of thioether (sulfide) groups is 1. The number of nitrogen functional groups attached to an aromatic ring is 1. The van der Waals surface area contributed by atoms with Gasteiger partial charge in [0.25, 0.3) is 11.8 Å². The van der Waals surface area contributed by atoms with Crippen LogP contribution in [0.1, 0.15) is 39.6 Å². The molecule has 0 bridgehead atoms. The van der Waals surface area contributed by atoms with Crippen LogP contribution in [-0.4, -0.2) is 65.2 Å². The first-order valence-electron chi connectivity index (χ1n) is 18.9. The molecule has 1 fully saturated rings. The lowest BCUT2D eigenvalue weighted by Gasteiger charge is -2.49. The highest BCUT2D eigenvalue weighted by atomic mass is 32.2. The number of benzene rings is 5. The standard InChI is InChI=1S/C45H37N5O8S3/c1-61(54,55)57-35-28-59-42-37(41(52)50(42)38(35)43(53)56-39(29-17-7-2-8-18-29)30-19-9-3-10-20-30)48-40(51)36(34-27-60-44(46)47-34)49-58-45(31-21-11-4-12-22-31,32-23-13-5-14-24-32)33-25-15-6-16-26-33/h2-27,37,39,42H,28H2,1H3,(H2,46,47)(H,48,51)/b49-36-/t37-,42+/m1/s1. The number of oxime groups is 1. The lowest BCUT2D eigenvalue weighted by Crippen LogP contribution is -2.71. The van der Waals surface area contributed by atoms with Crippen LogP contribution >= 0.6 is 23.1 Å². The monoisotopic (exact) mass is 871 g/mol. The van der Waals surface area contributed by atoms with Crippen molar-refractivity contribution in [2.45, 2.75) is 23.1 Å². The number of rotatable bonds is 14. The number of nitrogens with two attached hydrogens (primary N) is 1. The van der Waals surface area contributed by atoms with Gasteiger partial charge in [-0.25, -0.2) is 9.78 Å². The summed E-state index contributed by atoms with van der Waals surface area (Å²) in [5.41, 5.74) is 7.58. The predicted octanol–water partition coefficient (Wildman–Crippen LogP) is 6.36. The molecule has 2 aliphatic rings. The molecular formula is C45H37N5O8S3. The van der Waals surface area contributed by atoms with E-state index in [2.05, 4.69) is 15.5 Å². The van der Waals surface area contributed by atoms with Crippen LogP contribution in [0.15, 0.2) is 174 Å². The van der Waals surface area contributed by atoms with Gasteiger partial charge < -0.3 is 24.8 Å². The number of carbonyl (C=O) groups excluding carboxylic acids is 3. The highest BCUT2D eigenvalue weighted by molar-refractivity contribution is 8.00. The van der Waals surface area contributed by atoms with Crippen LogP contribution in [0.4, 0.5) is 5.13 Å². The van der Waals surface area contributed by atoms with Gasteiger partial charge in [0.15, 0.2) is 28.4 Å². The van der Waals surface area contributed by atoms with Crippen LogP contribution in [0.5, 0.6) is 0 Å². The second-order valence-corrected chi connectivity index (χ2v) is 17.5. The Morgan fingerprint density at radius 3 is 1.77 bits per heavy atom. The number of carbonyl (C=O) groups is 3. The van der Waals surface area contributed by atoms with E-state index in [1.807, 2.05) is 103 Å². The molecule has 6 aromatic rings. The summed E-state index contributed by atoms with van der Waals surface area (Å²) in [6, 6.07) is 45.1. The van der Waals surface area contributed by atoms with Crippen molar-refractivity contribution in [2.75, 3.05) is 17.7 Å². The fraction of sp³-hybridized carbons (Fsp3) is 0.133. The zero-order chi connectivity index (χ0) is 42.6. The first-order chi connectivity index (χ1) is 29.5. The van der Waals surface area contributed by atoms with E-state index in [-0.39, 0.29) is 33.7 Å². The molecule has 2 amide bonds. The molecule has 5 aromatic carbocycles. The first-order valence-corrected chi connectivity index (χ1v) is 22.6. The molecule has 13 nitrogen and oxygen atoms in total. The van der Waals surface area contributed by atoms with Crippen molar-refractivity contribution in [3.8, 4) is 0 Å². The highest BCUT2D eigenvalue weighted by Crippen LogP contribution is 2.43. The minimum Gasteiger partial charge on any atom is -0.448 e. The van der Waals surface area contributed by atoms with Crippen molar-refractivity contribution in [2.24, 2.45) is 5.16 Å². The number of nitrogens with one attached hydrogen (secondary N) is 1. The molecular weight excluding hydrogens is 835 g/mol. The molecule has 0 radical (unpaired) electrons. The van der Waals surface area contributed by atoms with Gasteiger partial charge in [0.2, 0.25) is 5.60 Å². The molecule has 2 atom stereocenters. The van der Waals surface area contributed by atoms with E-state index in [0.29, 0.717) is 11.1 Å². The number of hydrogen-bond acceptors (Lipinski definition) is 13. The molecule has 16 heteroatoms. The highest BCUT2D eigenvalue weighted by Gasteiger charge is 2.56. The van der Waals surface area contributed by atoms with Crippen molar-refractivity contribution in [3.63, 3.8) is 0 Å². The predicted molar refractivity (Wildman–Crippen MR) is 232 cm³/mol. The molecule has 8 rings (SSSR count). The number of β-lactam (4-membered cyclic amide) rings is 1. The maximum absolute atomic E-state index is 14.4. The lowest BCUT2D eigenvalue weighted by atomic mass is 9.80. The van der Waals surface area contributed by atoms with E-state index >= 15 is 0 Å². The van der Waals surface area contributed by atoms with Gasteiger partial charge in [0.1, 0.15) is 17.1 Å².